The highest BCUT2D eigenvalue weighted by atomic mass is 32.2. The van der Waals surface area contributed by atoms with E-state index in [-0.39, 0.29) is 10.6 Å². The monoisotopic (exact) mass is 422 g/mol. The van der Waals surface area contributed by atoms with Gasteiger partial charge in [-0.2, -0.15) is 0 Å². The van der Waals surface area contributed by atoms with Gasteiger partial charge in [0.15, 0.2) is 0 Å². The van der Waals surface area contributed by atoms with Gasteiger partial charge in [-0.1, -0.05) is 18.2 Å². The van der Waals surface area contributed by atoms with Gasteiger partial charge in [-0.3, -0.25) is 0 Å². The summed E-state index contributed by atoms with van der Waals surface area (Å²) in [5.41, 5.74) is 6.38. The number of hydrazine groups is 1. The van der Waals surface area contributed by atoms with Crippen molar-refractivity contribution < 1.29 is 17.2 Å². The molecule has 0 spiro atoms. The first-order valence-electron chi connectivity index (χ1n) is 8.24. The fourth-order valence-corrected chi connectivity index (χ4v) is 4.82. The average molecular weight is 422 g/mol. The van der Waals surface area contributed by atoms with Crippen LogP contribution in [0.2, 0.25) is 0 Å². The molecule has 10 heteroatoms. The van der Waals surface area contributed by atoms with E-state index in [0.29, 0.717) is 10.6 Å². The van der Waals surface area contributed by atoms with Gasteiger partial charge in [0.05, 0.1) is 20.8 Å². The summed E-state index contributed by atoms with van der Waals surface area (Å²) < 4.78 is 50.6. The van der Waals surface area contributed by atoms with Crippen molar-refractivity contribution in [1.29, 1.82) is 0 Å². The maximum atomic E-state index is 13.3. The molecule has 0 fully saturated rings. The van der Waals surface area contributed by atoms with E-state index in [1.165, 1.54) is 41.7 Å². The Kier molecular flexibility index (Phi) is 4.46. The number of sulfonamides is 1. The zero-order valence-corrected chi connectivity index (χ0v) is 16.2. The summed E-state index contributed by atoms with van der Waals surface area (Å²) in [5, 5.41) is 5.71. The van der Waals surface area contributed by atoms with Crippen LogP contribution in [0.15, 0.2) is 59.1 Å². The lowest BCUT2D eigenvalue weighted by Gasteiger charge is -2.25. The molecule has 0 aliphatic carbocycles. The number of nitrogens with zero attached hydrogens (tertiary/aromatic N) is 1. The highest BCUT2D eigenvalue weighted by Gasteiger charge is 2.41. The number of aromatic nitrogens is 1. The summed E-state index contributed by atoms with van der Waals surface area (Å²) in [4.78, 5) is 4.57. The lowest BCUT2D eigenvalue weighted by molar-refractivity contribution is 0.179. The molecule has 1 aromatic heterocycles. The van der Waals surface area contributed by atoms with Gasteiger partial charge in [0.2, 0.25) is 10.0 Å². The third-order valence-corrected chi connectivity index (χ3v) is 6.61. The maximum absolute atomic E-state index is 13.3. The standard InChI is InChI=1S/C18H16F2N4O2S2/c1-10-2-7-13-15(8-10)27-17(22-13)18(9-14(16(19)20)23-24-18)11-3-5-12(6-4-11)28(21,25)26/h2-9,16,23-24H,1H3,(H2,21,25,26). The molecule has 146 valence electrons. The van der Waals surface area contributed by atoms with E-state index in [1.807, 2.05) is 25.1 Å². The van der Waals surface area contributed by atoms with Crippen LogP contribution < -0.4 is 16.0 Å². The van der Waals surface area contributed by atoms with Crippen LogP contribution in [-0.4, -0.2) is 19.8 Å². The molecule has 3 aromatic rings. The number of aryl methyl sites for hydroxylation is 1. The second-order valence-corrected chi connectivity index (χ2v) is 9.11. The Morgan fingerprint density at radius 3 is 2.50 bits per heavy atom. The fourth-order valence-electron chi connectivity index (χ4n) is 3.10. The predicted octanol–water partition coefficient (Wildman–Crippen LogP) is 2.75. The van der Waals surface area contributed by atoms with Crippen molar-refractivity contribution in [1.82, 2.24) is 15.8 Å². The van der Waals surface area contributed by atoms with Gasteiger partial charge >= 0.3 is 0 Å². The lowest BCUT2D eigenvalue weighted by atomic mass is 9.91. The minimum atomic E-state index is -3.86. The summed E-state index contributed by atoms with van der Waals surface area (Å²) in [6, 6.07) is 11.6. The van der Waals surface area contributed by atoms with E-state index in [2.05, 4.69) is 15.8 Å². The van der Waals surface area contributed by atoms with E-state index in [9.17, 15) is 17.2 Å². The maximum Gasteiger partial charge on any atom is 0.279 e. The molecule has 0 amide bonds. The number of halogens is 2. The predicted molar refractivity (Wildman–Crippen MR) is 103 cm³/mol. The summed E-state index contributed by atoms with van der Waals surface area (Å²) in [7, 11) is -3.86. The van der Waals surface area contributed by atoms with E-state index >= 15 is 0 Å². The van der Waals surface area contributed by atoms with Gasteiger partial charge in [-0.15, -0.1) is 11.3 Å². The van der Waals surface area contributed by atoms with Gasteiger partial charge in [-0.25, -0.2) is 32.7 Å². The SMILES string of the molecule is Cc1ccc2nc(C3(c4ccc(S(N)(=O)=O)cc4)C=C(C(F)F)NN3)sc2c1. The van der Waals surface area contributed by atoms with Gasteiger partial charge in [-0.05, 0) is 48.4 Å². The van der Waals surface area contributed by atoms with Crippen LogP contribution in [0.1, 0.15) is 16.1 Å². The van der Waals surface area contributed by atoms with Crippen molar-refractivity contribution in [3.8, 4) is 0 Å². The molecule has 0 radical (unpaired) electrons. The number of nitrogens with one attached hydrogen (secondary N) is 2. The number of hydrogen-bond donors (Lipinski definition) is 3. The van der Waals surface area contributed by atoms with Crippen molar-refractivity contribution in [2.75, 3.05) is 0 Å². The van der Waals surface area contributed by atoms with Gasteiger partial charge in [0, 0.05) is 0 Å². The number of primary sulfonamides is 1. The Morgan fingerprint density at radius 2 is 1.89 bits per heavy atom. The molecule has 1 aliphatic rings. The number of benzene rings is 2. The molecule has 0 bridgehead atoms. The minimum Gasteiger partial charge on any atom is -0.319 e. The zero-order chi connectivity index (χ0) is 20.1. The molecule has 2 aromatic carbocycles. The summed E-state index contributed by atoms with van der Waals surface area (Å²) in [6.07, 6.45) is -1.32. The van der Waals surface area contributed by atoms with Crippen molar-refractivity contribution in [3.63, 3.8) is 0 Å². The number of alkyl halides is 2. The molecule has 1 atom stereocenters. The third kappa shape index (κ3) is 3.18. The van der Waals surface area contributed by atoms with Crippen molar-refractivity contribution in [2.24, 2.45) is 5.14 Å². The lowest BCUT2D eigenvalue weighted by Crippen LogP contribution is -2.43. The average Bonchev–Trinajstić information content (AvgIpc) is 3.26. The van der Waals surface area contributed by atoms with E-state index < -0.39 is 22.0 Å². The highest BCUT2D eigenvalue weighted by Crippen LogP contribution is 2.39. The smallest absolute Gasteiger partial charge is 0.279 e. The van der Waals surface area contributed by atoms with Crippen LogP contribution in [0, 0.1) is 6.92 Å². The largest absolute Gasteiger partial charge is 0.319 e. The third-order valence-electron chi connectivity index (χ3n) is 4.53. The van der Waals surface area contributed by atoms with Gasteiger partial charge < -0.3 is 5.43 Å². The molecule has 4 N–H and O–H groups in total. The van der Waals surface area contributed by atoms with Crippen molar-refractivity contribution in [3.05, 3.63) is 70.4 Å². The first-order valence-corrected chi connectivity index (χ1v) is 10.6. The normalized spacial score (nSPS) is 19.8. The second-order valence-electron chi connectivity index (χ2n) is 6.52. The van der Waals surface area contributed by atoms with Crippen LogP contribution in [0.25, 0.3) is 10.2 Å². The summed E-state index contributed by atoms with van der Waals surface area (Å²) >= 11 is 1.38. The highest BCUT2D eigenvalue weighted by molar-refractivity contribution is 7.89. The zero-order valence-electron chi connectivity index (χ0n) is 14.6. The molecule has 1 unspecified atom stereocenters. The molecule has 6 nitrogen and oxygen atoms in total. The van der Waals surface area contributed by atoms with E-state index in [1.54, 1.807) is 0 Å². The Labute approximate surface area is 164 Å². The number of thiazole rings is 1. The Hall–Kier alpha value is -2.40. The van der Waals surface area contributed by atoms with E-state index in [4.69, 9.17) is 5.14 Å². The van der Waals surface area contributed by atoms with Crippen LogP contribution in [0.5, 0.6) is 0 Å². The molecular formula is C18H16F2N4O2S2. The quantitative estimate of drug-likeness (QED) is 0.601. The number of hydrogen-bond acceptors (Lipinski definition) is 6. The summed E-state index contributed by atoms with van der Waals surface area (Å²) in [6.45, 7) is 1.96. The molecule has 1 aliphatic heterocycles. The number of fused-ring (bicyclic) bond motifs is 1. The van der Waals surface area contributed by atoms with Crippen LogP contribution >= 0.6 is 11.3 Å². The molecule has 2 heterocycles. The van der Waals surface area contributed by atoms with Crippen LogP contribution in [0.3, 0.4) is 0 Å². The topological polar surface area (TPSA) is 97.1 Å². The summed E-state index contributed by atoms with van der Waals surface area (Å²) in [5.74, 6) is 0. The molecule has 0 saturated heterocycles. The van der Waals surface area contributed by atoms with Gasteiger partial charge in [0.25, 0.3) is 6.43 Å². The molecule has 28 heavy (non-hydrogen) atoms. The van der Waals surface area contributed by atoms with Gasteiger partial charge in [0.1, 0.15) is 10.5 Å². The number of rotatable bonds is 4. The number of allylic oxidation sites excluding steroid dienone is 1. The number of nitrogens with two attached hydrogens (primary N) is 1. The Bertz CT molecular complexity index is 1190. The minimum absolute atomic E-state index is 0.0599. The molecule has 4 rings (SSSR count). The van der Waals surface area contributed by atoms with Crippen molar-refractivity contribution in [2.45, 2.75) is 23.8 Å². The first-order chi connectivity index (χ1) is 13.2. The van der Waals surface area contributed by atoms with Crippen LogP contribution in [0.4, 0.5) is 8.78 Å². The second kappa shape index (κ2) is 6.59. The molecule has 0 saturated carbocycles. The van der Waals surface area contributed by atoms with E-state index in [0.717, 1.165) is 15.8 Å². The first kappa shape index (κ1) is 18.9. The Balaban J connectivity index is 1.90. The van der Waals surface area contributed by atoms with Crippen LogP contribution in [-0.2, 0) is 15.6 Å². The van der Waals surface area contributed by atoms with Crippen molar-refractivity contribution >= 4 is 31.6 Å². The molecular weight excluding hydrogens is 406 g/mol. The fraction of sp³-hybridized carbons (Fsp3) is 0.167. The Morgan fingerprint density at radius 1 is 1.18 bits per heavy atom.